The molecule has 1 aliphatic rings. The van der Waals surface area contributed by atoms with Crippen LogP contribution in [0.15, 0.2) is 0 Å². The lowest BCUT2D eigenvalue weighted by Gasteiger charge is -2.29. The minimum Gasteiger partial charge on any atom is -0.460 e. The van der Waals surface area contributed by atoms with Crippen LogP contribution in [0.4, 0.5) is 0 Å². The van der Waals surface area contributed by atoms with E-state index in [1.165, 1.54) is 6.92 Å². The largest absolute Gasteiger partial charge is 0.460 e. The van der Waals surface area contributed by atoms with Crippen molar-refractivity contribution in [3.05, 3.63) is 0 Å². The first-order chi connectivity index (χ1) is 6.91. The summed E-state index contributed by atoms with van der Waals surface area (Å²) in [5.74, 6) is -1.52. The highest BCUT2D eigenvalue weighted by atomic mass is 16.6. The van der Waals surface area contributed by atoms with Gasteiger partial charge in [-0.05, 0) is 19.8 Å². The normalized spacial score (nSPS) is 21.2. The lowest BCUT2D eigenvalue weighted by molar-refractivity contribution is -0.170. The molecule has 1 fully saturated rings. The van der Waals surface area contributed by atoms with Gasteiger partial charge in [-0.3, -0.25) is 14.4 Å². The van der Waals surface area contributed by atoms with Gasteiger partial charge < -0.3 is 9.47 Å². The molecule has 0 atom stereocenters. The monoisotopic (exact) mass is 214 g/mol. The van der Waals surface area contributed by atoms with Crippen molar-refractivity contribution in [3.63, 3.8) is 0 Å². The molecule has 0 aromatic rings. The van der Waals surface area contributed by atoms with Crippen LogP contribution in [0, 0.1) is 0 Å². The van der Waals surface area contributed by atoms with E-state index < -0.39 is 23.5 Å². The smallest absolute Gasteiger partial charge is 0.313 e. The minimum absolute atomic E-state index is 0.0928. The maximum absolute atomic E-state index is 11.0. The van der Waals surface area contributed by atoms with E-state index in [-0.39, 0.29) is 12.8 Å². The van der Waals surface area contributed by atoms with Crippen LogP contribution >= 0.6 is 0 Å². The van der Waals surface area contributed by atoms with Crippen LogP contribution < -0.4 is 0 Å². The summed E-state index contributed by atoms with van der Waals surface area (Å²) in [4.78, 5) is 32.9. The second kappa shape index (κ2) is 4.42. The van der Waals surface area contributed by atoms with Crippen molar-refractivity contribution in [1.29, 1.82) is 0 Å². The van der Waals surface area contributed by atoms with Gasteiger partial charge in [-0.25, -0.2) is 0 Å². The molecule has 0 amide bonds. The molecule has 1 aliphatic heterocycles. The Morgan fingerprint density at radius 3 is 2.13 bits per heavy atom. The third kappa shape index (κ3) is 3.69. The first kappa shape index (κ1) is 11.7. The predicted molar refractivity (Wildman–Crippen MR) is 49.7 cm³/mol. The molecule has 0 unspecified atom stereocenters. The van der Waals surface area contributed by atoms with Gasteiger partial charge in [-0.15, -0.1) is 0 Å². The number of ether oxygens (including phenoxy) is 2. The predicted octanol–water partition coefficient (Wildman–Crippen LogP) is 0.952. The van der Waals surface area contributed by atoms with E-state index in [1.54, 1.807) is 6.92 Å². The van der Waals surface area contributed by atoms with Gasteiger partial charge >= 0.3 is 17.9 Å². The number of esters is 3. The summed E-state index contributed by atoms with van der Waals surface area (Å²) in [5, 5.41) is 0. The van der Waals surface area contributed by atoms with Crippen LogP contribution in [-0.4, -0.2) is 23.5 Å². The van der Waals surface area contributed by atoms with E-state index in [0.717, 1.165) is 0 Å². The van der Waals surface area contributed by atoms with Gasteiger partial charge in [0.2, 0.25) is 0 Å². The quantitative estimate of drug-likeness (QED) is 0.480. The average molecular weight is 214 g/mol. The lowest BCUT2D eigenvalue weighted by Crippen LogP contribution is -2.35. The molecule has 1 heterocycles. The lowest BCUT2D eigenvalue weighted by atomic mass is 9.93. The molecule has 0 saturated carbocycles. The molecule has 0 N–H and O–H groups in total. The zero-order valence-electron chi connectivity index (χ0n) is 8.87. The topological polar surface area (TPSA) is 69.7 Å². The zero-order chi connectivity index (χ0) is 11.5. The van der Waals surface area contributed by atoms with Crippen molar-refractivity contribution in [3.8, 4) is 0 Å². The van der Waals surface area contributed by atoms with Crippen molar-refractivity contribution in [1.82, 2.24) is 0 Å². The molecule has 0 aromatic carbocycles. The Kier molecular flexibility index (Phi) is 3.44. The van der Waals surface area contributed by atoms with E-state index in [4.69, 9.17) is 4.74 Å². The Bertz CT molecular complexity index is 276. The summed E-state index contributed by atoms with van der Waals surface area (Å²) in [6, 6.07) is 0. The van der Waals surface area contributed by atoms with Crippen LogP contribution in [0.2, 0.25) is 0 Å². The minimum atomic E-state index is -0.735. The fourth-order valence-corrected chi connectivity index (χ4v) is 1.54. The van der Waals surface area contributed by atoms with Gasteiger partial charge in [0.15, 0.2) is 0 Å². The van der Waals surface area contributed by atoms with Crippen LogP contribution in [-0.2, 0) is 23.9 Å². The van der Waals surface area contributed by atoms with Gasteiger partial charge in [0, 0.05) is 19.8 Å². The Balaban J connectivity index is 2.68. The number of carbonyl (C=O) groups is 3. The zero-order valence-corrected chi connectivity index (χ0v) is 8.87. The molecule has 84 valence electrons. The third-order valence-electron chi connectivity index (χ3n) is 2.33. The summed E-state index contributed by atoms with van der Waals surface area (Å²) >= 11 is 0. The fourth-order valence-electron chi connectivity index (χ4n) is 1.54. The molecule has 0 spiro atoms. The average Bonchev–Trinajstić information content (AvgIpc) is 2.10. The van der Waals surface area contributed by atoms with Crippen molar-refractivity contribution >= 4 is 17.9 Å². The highest BCUT2D eigenvalue weighted by Crippen LogP contribution is 2.26. The van der Waals surface area contributed by atoms with E-state index in [2.05, 4.69) is 4.74 Å². The molecular formula is C10H14O5. The number of carbonyl (C=O) groups excluding carboxylic acids is 3. The molecule has 0 aliphatic carbocycles. The number of cyclic esters (lactones) is 2. The third-order valence-corrected chi connectivity index (χ3v) is 2.33. The van der Waals surface area contributed by atoms with Gasteiger partial charge in [-0.2, -0.15) is 0 Å². The summed E-state index contributed by atoms with van der Waals surface area (Å²) in [6.07, 6.45) is 0.961. The second-order valence-corrected chi connectivity index (χ2v) is 3.89. The van der Waals surface area contributed by atoms with E-state index in [0.29, 0.717) is 12.8 Å². The molecule has 1 rings (SSSR count). The van der Waals surface area contributed by atoms with Crippen LogP contribution in [0.1, 0.15) is 39.5 Å². The van der Waals surface area contributed by atoms with Crippen LogP contribution in [0.25, 0.3) is 0 Å². The summed E-state index contributed by atoms with van der Waals surface area (Å²) in [6.45, 7) is 3.03. The Morgan fingerprint density at radius 1 is 1.27 bits per heavy atom. The van der Waals surface area contributed by atoms with Crippen molar-refractivity contribution in [2.24, 2.45) is 0 Å². The Labute approximate surface area is 87.7 Å². The SMILES string of the molecule is CC(=O)OC1(C)CCC(=O)OC(=O)CC1. The maximum atomic E-state index is 11.0. The molecule has 0 radical (unpaired) electrons. The molecule has 0 bridgehead atoms. The van der Waals surface area contributed by atoms with Gasteiger partial charge in [0.25, 0.3) is 0 Å². The highest BCUT2D eigenvalue weighted by Gasteiger charge is 2.32. The van der Waals surface area contributed by atoms with E-state index >= 15 is 0 Å². The maximum Gasteiger partial charge on any atom is 0.313 e. The Morgan fingerprint density at radius 2 is 1.73 bits per heavy atom. The molecule has 5 nitrogen and oxygen atoms in total. The molecule has 1 saturated heterocycles. The molecular weight excluding hydrogens is 200 g/mol. The van der Waals surface area contributed by atoms with Gasteiger partial charge in [0.05, 0.1) is 0 Å². The summed E-state index contributed by atoms with van der Waals surface area (Å²) < 4.78 is 9.58. The van der Waals surface area contributed by atoms with Gasteiger partial charge in [-0.1, -0.05) is 0 Å². The fraction of sp³-hybridized carbons (Fsp3) is 0.700. The van der Waals surface area contributed by atoms with E-state index in [1.807, 2.05) is 0 Å². The first-order valence-electron chi connectivity index (χ1n) is 4.84. The second-order valence-electron chi connectivity index (χ2n) is 3.89. The standard InChI is InChI=1S/C10H14O5/c1-7(11)15-10(2)5-3-8(12)14-9(13)4-6-10/h3-6H2,1-2H3. The van der Waals surface area contributed by atoms with Crippen LogP contribution in [0.5, 0.6) is 0 Å². The number of hydrogen-bond donors (Lipinski definition) is 0. The van der Waals surface area contributed by atoms with Crippen molar-refractivity contribution in [2.45, 2.75) is 45.1 Å². The van der Waals surface area contributed by atoms with Crippen LogP contribution in [0.3, 0.4) is 0 Å². The van der Waals surface area contributed by atoms with Gasteiger partial charge in [0.1, 0.15) is 5.60 Å². The van der Waals surface area contributed by atoms with Crippen molar-refractivity contribution < 1.29 is 23.9 Å². The summed E-state index contributed by atoms with van der Waals surface area (Å²) in [5.41, 5.74) is -0.735. The molecule has 15 heavy (non-hydrogen) atoms. The molecule has 5 heteroatoms. The number of rotatable bonds is 1. The van der Waals surface area contributed by atoms with E-state index in [9.17, 15) is 14.4 Å². The number of hydrogen-bond acceptors (Lipinski definition) is 5. The van der Waals surface area contributed by atoms with Crippen molar-refractivity contribution in [2.75, 3.05) is 0 Å². The molecule has 0 aromatic heterocycles. The highest BCUT2D eigenvalue weighted by molar-refractivity contribution is 5.85. The summed E-state index contributed by atoms with van der Waals surface area (Å²) in [7, 11) is 0. The Hall–Kier alpha value is -1.39. The first-order valence-corrected chi connectivity index (χ1v) is 4.84.